The molecule has 2 aliphatic rings. The van der Waals surface area contributed by atoms with Crippen molar-refractivity contribution in [3.8, 4) is 5.75 Å². The van der Waals surface area contributed by atoms with Crippen LogP contribution in [0.4, 0.5) is 0 Å². The van der Waals surface area contributed by atoms with Gasteiger partial charge in [0.15, 0.2) is 6.29 Å². The zero-order valence-electron chi connectivity index (χ0n) is 23.5. The quantitative estimate of drug-likeness (QED) is 0.361. The number of aliphatic hydroxyl groups excluding tert-OH is 1. The van der Waals surface area contributed by atoms with Gasteiger partial charge in [0, 0.05) is 31.3 Å². The maximum Gasteiger partial charge on any atom is 0.306 e. The zero-order valence-corrected chi connectivity index (χ0v) is 24.3. The molecule has 2 aromatic rings. The molecule has 0 bridgehead atoms. The van der Waals surface area contributed by atoms with E-state index in [4.69, 9.17) is 18.9 Å². The third-order valence-electron chi connectivity index (χ3n) is 7.50. The Bertz CT molecular complexity index is 1190. The van der Waals surface area contributed by atoms with Crippen molar-refractivity contribution in [1.29, 1.82) is 0 Å². The van der Waals surface area contributed by atoms with Crippen LogP contribution in [0.15, 0.2) is 59.5 Å². The fraction of sp³-hybridized carbons (Fsp3) is 0.567. The van der Waals surface area contributed by atoms with Gasteiger partial charge in [-0.25, -0.2) is 8.42 Å². The summed E-state index contributed by atoms with van der Waals surface area (Å²) in [7, 11) is -2.39. The summed E-state index contributed by atoms with van der Waals surface area (Å²) < 4.78 is 50.9. The molecule has 4 rings (SSSR count). The molecular formula is C30H41NO8S. The molecule has 0 aromatic heterocycles. The predicted octanol–water partition coefficient (Wildman–Crippen LogP) is 3.65. The molecule has 2 aromatic carbocycles. The zero-order chi connectivity index (χ0) is 28.7. The number of ether oxygens (including phenoxy) is 4. The lowest BCUT2D eigenvalue weighted by molar-refractivity contribution is -0.195. The Morgan fingerprint density at radius 3 is 2.35 bits per heavy atom. The Morgan fingerprint density at radius 1 is 1.02 bits per heavy atom. The maximum absolute atomic E-state index is 13.6. The van der Waals surface area contributed by atoms with E-state index in [1.165, 1.54) is 23.5 Å². The van der Waals surface area contributed by atoms with Crippen molar-refractivity contribution in [1.82, 2.24) is 4.31 Å². The van der Waals surface area contributed by atoms with Crippen molar-refractivity contribution < 1.29 is 37.3 Å². The highest BCUT2D eigenvalue weighted by atomic mass is 32.2. The molecule has 5 atom stereocenters. The highest BCUT2D eigenvalue weighted by Crippen LogP contribution is 2.33. The average Bonchev–Trinajstić information content (AvgIpc) is 3.43. The summed E-state index contributed by atoms with van der Waals surface area (Å²) in [6.07, 6.45) is -0.00347. The molecule has 220 valence electrons. The van der Waals surface area contributed by atoms with Crippen LogP contribution < -0.4 is 4.74 Å². The van der Waals surface area contributed by atoms with Gasteiger partial charge >= 0.3 is 5.97 Å². The molecular weight excluding hydrogens is 534 g/mol. The highest BCUT2D eigenvalue weighted by molar-refractivity contribution is 7.89. The van der Waals surface area contributed by atoms with E-state index in [0.717, 1.165) is 12.0 Å². The fourth-order valence-corrected chi connectivity index (χ4v) is 7.02. The standard InChI is InChI=1S/C30H41NO8S/c1-21(2)19-31(40(34,35)25-11-9-24(36-3)10-12-25)20-27(32)23(17-22-7-5-4-6-8-22)18-29(33)39-28-14-16-38-30-26(28)13-15-37-30/h4-12,21,23,26-28,30,32H,13-20H2,1-3H3/t23-,26+,27-,28+,30-/m1/s1. The van der Waals surface area contributed by atoms with Crippen LogP contribution in [0.5, 0.6) is 5.75 Å². The van der Waals surface area contributed by atoms with E-state index < -0.39 is 28.0 Å². The third kappa shape index (κ3) is 7.82. The van der Waals surface area contributed by atoms with E-state index in [-0.39, 0.29) is 48.6 Å². The van der Waals surface area contributed by atoms with Crippen molar-refractivity contribution in [2.75, 3.05) is 33.4 Å². The molecule has 0 unspecified atom stereocenters. The number of carbonyl (C=O) groups excluding carboxylic acids is 1. The highest BCUT2D eigenvalue weighted by Gasteiger charge is 2.41. The molecule has 2 aliphatic heterocycles. The molecule has 2 saturated heterocycles. The minimum Gasteiger partial charge on any atom is -0.497 e. The first-order chi connectivity index (χ1) is 19.2. The van der Waals surface area contributed by atoms with E-state index in [1.54, 1.807) is 12.1 Å². The average molecular weight is 576 g/mol. The fourth-order valence-electron chi connectivity index (χ4n) is 5.40. The molecule has 1 N–H and O–H groups in total. The van der Waals surface area contributed by atoms with Crippen LogP contribution in [0.25, 0.3) is 0 Å². The second kappa shape index (κ2) is 13.9. The number of benzene rings is 2. The summed E-state index contributed by atoms with van der Waals surface area (Å²) in [5.41, 5.74) is 0.947. The van der Waals surface area contributed by atoms with Crippen LogP contribution in [0.2, 0.25) is 0 Å². The number of hydrogen-bond donors (Lipinski definition) is 1. The summed E-state index contributed by atoms with van der Waals surface area (Å²) in [5.74, 6) is -0.382. The van der Waals surface area contributed by atoms with Gasteiger partial charge in [0.25, 0.3) is 0 Å². The maximum atomic E-state index is 13.6. The van der Waals surface area contributed by atoms with Crippen molar-refractivity contribution in [2.45, 2.75) is 62.9 Å². The summed E-state index contributed by atoms with van der Waals surface area (Å²) in [6, 6.07) is 15.8. The molecule has 0 saturated carbocycles. The van der Waals surface area contributed by atoms with Crippen molar-refractivity contribution in [2.24, 2.45) is 17.8 Å². The van der Waals surface area contributed by atoms with Crippen LogP contribution in [-0.2, 0) is 35.4 Å². The van der Waals surface area contributed by atoms with Gasteiger partial charge in [-0.2, -0.15) is 4.31 Å². The second-order valence-electron chi connectivity index (χ2n) is 11.0. The number of hydrogen-bond acceptors (Lipinski definition) is 8. The van der Waals surface area contributed by atoms with Gasteiger partial charge in [0.05, 0.1) is 37.7 Å². The summed E-state index contributed by atoms with van der Waals surface area (Å²) in [5, 5.41) is 11.5. The van der Waals surface area contributed by atoms with E-state index in [1.807, 2.05) is 44.2 Å². The lowest BCUT2D eigenvalue weighted by atomic mass is 9.90. The van der Waals surface area contributed by atoms with Crippen LogP contribution >= 0.6 is 0 Å². The van der Waals surface area contributed by atoms with Gasteiger partial charge in [-0.15, -0.1) is 0 Å². The van der Waals surface area contributed by atoms with Crippen molar-refractivity contribution in [3.63, 3.8) is 0 Å². The van der Waals surface area contributed by atoms with Crippen LogP contribution in [0.1, 0.15) is 38.7 Å². The SMILES string of the molecule is COc1ccc(S(=O)(=O)N(CC(C)C)C[C@@H](O)[C@@H](CC(=O)O[C@H]2CCO[C@H]3OCC[C@H]32)Cc2ccccc2)cc1. The number of sulfonamides is 1. The van der Waals surface area contributed by atoms with Gasteiger partial charge in [-0.3, -0.25) is 4.79 Å². The van der Waals surface area contributed by atoms with Crippen LogP contribution in [0.3, 0.4) is 0 Å². The monoisotopic (exact) mass is 575 g/mol. The molecule has 9 nitrogen and oxygen atoms in total. The van der Waals surface area contributed by atoms with E-state index in [0.29, 0.717) is 31.8 Å². The first-order valence-corrected chi connectivity index (χ1v) is 15.4. The molecule has 10 heteroatoms. The minimum atomic E-state index is -3.91. The minimum absolute atomic E-state index is 0.00590. The topological polar surface area (TPSA) is 112 Å². The largest absolute Gasteiger partial charge is 0.497 e. The van der Waals surface area contributed by atoms with Gasteiger partial charge in [-0.1, -0.05) is 44.2 Å². The Hall–Kier alpha value is -2.50. The Morgan fingerprint density at radius 2 is 1.70 bits per heavy atom. The molecule has 0 spiro atoms. The molecule has 2 heterocycles. The van der Waals surface area contributed by atoms with E-state index in [2.05, 4.69) is 0 Å². The molecule has 0 aliphatic carbocycles. The second-order valence-corrected chi connectivity index (χ2v) is 12.9. The molecule has 0 radical (unpaired) electrons. The Balaban J connectivity index is 1.51. The van der Waals surface area contributed by atoms with Crippen molar-refractivity contribution >= 4 is 16.0 Å². The van der Waals surface area contributed by atoms with Gasteiger partial charge in [0.1, 0.15) is 11.9 Å². The van der Waals surface area contributed by atoms with Crippen LogP contribution in [-0.4, -0.2) is 75.7 Å². The number of nitrogens with zero attached hydrogens (tertiary/aromatic N) is 1. The summed E-state index contributed by atoms with van der Waals surface area (Å²) >= 11 is 0. The number of rotatable bonds is 13. The summed E-state index contributed by atoms with van der Waals surface area (Å²) in [4.78, 5) is 13.3. The van der Waals surface area contributed by atoms with Crippen molar-refractivity contribution in [3.05, 3.63) is 60.2 Å². The first kappa shape index (κ1) is 30.5. The number of esters is 1. The Kier molecular flexibility index (Phi) is 10.6. The first-order valence-electron chi connectivity index (χ1n) is 14.0. The summed E-state index contributed by atoms with van der Waals surface area (Å²) in [6.45, 7) is 4.97. The normalized spacial score (nSPS) is 22.6. The van der Waals surface area contributed by atoms with Crippen LogP contribution in [0, 0.1) is 17.8 Å². The van der Waals surface area contributed by atoms with Gasteiger partial charge in [0.2, 0.25) is 10.0 Å². The number of carbonyl (C=O) groups is 1. The lowest BCUT2D eigenvalue weighted by Gasteiger charge is -2.33. The van der Waals surface area contributed by atoms with Gasteiger partial charge in [-0.05, 0) is 48.6 Å². The lowest BCUT2D eigenvalue weighted by Crippen LogP contribution is -2.43. The van der Waals surface area contributed by atoms with E-state index in [9.17, 15) is 18.3 Å². The third-order valence-corrected chi connectivity index (χ3v) is 9.34. The number of methoxy groups -OCH3 is 1. The Labute approximate surface area is 237 Å². The number of fused-ring (bicyclic) bond motifs is 1. The van der Waals surface area contributed by atoms with Gasteiger partial charge < -0.3 is 24.1 Å². The smallest absolute Gasteiger partial charge is 0.306 e. The molecule has 0 amide bonds. The molecule has 2 fully saturated rings. The number of aliphatic hydroxyl groups is 1. The predicted molar refractivity (Wildman–Crippen MR) is 149 cm³/mol. The van der Waals surface area contributed by atoms with E-state index >= 15 is 0 Å². The molecule has 40 heavy (non-hydrogen) atoms.